The molecular formula is C52H61ClN12O9S2. The Morgan fingerprint density at radius 3 is 2.30 bits per heavy atom. The zero-order chi connectivity index (χ0) is 54.6. The van der Waals surface area contributed by atoms with Crippen LogP contribution in [0.3, 0.4) is 0 Å². The number of hydrogen-bond donors (Lipinski definition) is 7. The monoisotopic (exact) mass is 1100 g/mol. The number of halogens is 1. The number of aliphatic imine (C=N–C) groups is 1. The van der Waals surface area contributed by atoms with Crippen LogP contribution in [0, 0.1) is 33.1 Å². The maximum Gasteiger partial charge on any atom is 0.247 e. The van der Waals surface area contributed by atoms with Crippen LogP contribution in [0.4, 0.5) is 0 Å². The number of aromatic nitrogens is 4. The van der Waals surface area contributed by atoms with Crippen LogP contribution >= 0.6 is 34.3 Å². The highest BCUT2D eigenvalue weighted by Gasteiger charge is 2.45. The molecule has 3 aliphatic rings. The lowest BCUT2D eigenvalue weighted by Gasteiger charge is -2.35. The fraction of sp³-hybridized carbons (Fsp3) is 0.442. The molecule has 2 fully saturated rings. The molecule has 2 saturated heterocycles. The van der Waals surface area contributed by atoms with Gasteiger partial charge in [-0.15, -0.1) is 32.9 Å². The van der Waals surface area contributed by atoms with E-state index in [0.717, 1.165) is 42.7 Å². The largest absolute Gasteiger partial charge is 0.391 e. The molecule has 0 radical (unpaired) electrons. The highest BCUT2D eigenvalue weighted by atomic mass is 35.5. The number of fused-ring (bicyclic) bond motifs is 4. The van der Waals surface area contributed by atoms with Crippen LogP contribution in [-0.4, -0.2) is 140 Å². The van der Waals surface area contributed by atoms with Crippen molar-refractivity contribution in [3.8, 4) is 15.4 Å². The summed E-state index contributed by atoms with van der Waals surface area (Å²) in [6.45, 7) is 11.6. The molecule has 1 unspecified atom stereocenters. The van der Waals surface area contributed by atoms with Gasteiger partial charge in [0.05, 0.1) is 54.1 Å². The third-order valence-corrected chi connectivity index (χ3v) is 15.8. The van der Waals surface area contributed by atoms with E-state index in [1.807, 2.05) is 44.4 Å². The normalized spacial score (nSPS) is 22.5. The molecule has 76 heavy (non-hydrogen) atoms. The molecule has 6 atom stereocenters. The minimum Gasteiger partial charge on any atom is -0.391 e. The number of thiazole rings is 1. The molecule has 7 N–H and O–H groups in total. The number of thiophene rings is 1. The summed E-state index contributed by atoms with van der Waals surface area (Å²) in [5, 5.41) is 37.3. The number of nitrogens with zero attached hydrogens (tertiary/aromatic N) is 6. The van der Waals surface area contributed by atoms with Crippen molar-refractivity contribution in [2.75, 3.05) is 39.4 Å². The van der Waals surface area contributed by atoms with Gasteiger partial charge in [0.1, 0.15) is 41.0 Å². The fourth-order valence-electron chi connectivity index (χ4n) is 9.25. The Morgan fingerprint density at radius 2 is 1.61 bits per heavy atom. The van der Waals surface area contributed by atoms with Gasteiger partial charge in [-0.3, -0.25) is 43.1 Å². The van der Waals surface area contributed by atoms with Crippen molar-refractivity contribution < 1.29 is 43.4 Å². The Hall–Kier alpha value is -6.92. The molecule has 0 saturated carbocycles. The predicted molar refractivity (Wildman–Crippen MR) is 285 cm³/mol. The van der Waals surface area contributed by atoms with Gasteiger partial charge in [-0.05, 0) is 61.9 Å². The average molecular weight is 1100 g/mol. The van der Waals surface area contributed by atoms with Gasteiger partial charge in [0.2, 0.25) is 41.4 Å². The van der Waals surface area contributed by atoms with Crippen LogP contribution in [0.5, 0.6) is 0 Å². The lowest BCUT2D eigenvalue weighted by Crippen LogP contribution is -2.58. The summed E-state index contributed by atoms with van der Waals surface area (Å²) in [6.07, 6.45) is -1.61. The van der Waals surface area contributed by atoms with Gasteiger partial charge in [0.25, 0.3) is 0 Å². The van der Waals surface area contributed by atoms with Gasteiger partial charge in [0, 0.05) is 53.5 Å². The Bertz CT molecular complexity index is 3060. The summed E-state index contributed by atoms with van der Waals surface area (Å²) in [5.74, 6) is -3.66. The smallest absolute Gasteiger partial charge is 0.247 e. The summed E-state index contributed by atoms with van der Waals surface area (Å²) < 4.78 is 7.57. The zero-order valence-electron chi connectivity index (χ0n) is 43.1. The summed E-state index contributed by atoms with van der Waals surface area (Å²) >= 11 is 9.29. The summed E-state index contributed by atoms with van der Waals surface area (Å²) in [4.78, 5) is 111. The molecule has 24 heteroatoms. The van der Waals surface area contributed by atoms with Gasteiger partial charge in [-0.1, -0.05) is 68.8 Å². The van der Waals surface area contributed by atoms with E-state index in [4.69, 9.17) is 21.3 Å². The number of carbonyl (C=O) groups is 7. The van der Waals surface area contributed by atoms with E-state index < -0.39 is 89.6 Å². The summed E-state index contributed by atoms with van der Waals surface area (Å²) in [7, 11) is 0. The van der Waals surface area contributed by atoms with E-state index in [1.165, 1.54) is 16.2 Å². The van der Waals surface area contributed by atoms with Crippen molar-refractivity contribution >= 4 is 81.3 Å². The molecule has 6 heterocycles. The number of nitrogens with one attached hydrogen (secondary N) is 6. The Balaban J connectivity index is 1.04. The van der Waals surface area contributed by atoms with Crippen molar-refractivity contribution in [1.82, 2.24) is 56.5 Å². The van der Waals surface area contributed by atoms with E-state index in [0.29, 0.717) is 27.9 Å². The molecule has 5 aromatic rings. The second-order valence-corrected chi connectivity index (χ2v) is 22.5. The number of amides is 7. The fourth-order valence-corrected chi connectivity index (χ4v) is 11.4. The van der Waals surface area contributed by atoms with E-state index in [-0.39, 0.29) is 52.1 Å². The van der Waals surface area contributed by atoms with Crippen LogP contribution in [0.25, 0.3) is 15.4 Å². The molecule has 8 rings (SSSR count). The highest BCUT2D eigenvalue weighted by molar-refractivity contribution is 7.15. The minimum atomic E-state index is -1.42. The van der Waals surface area contributed by atoms with E-state index in [2.05, 4.69) is 47.1 Å². The van der Waals surface area contributed by atoms with Crippen molar-refractivity contribution in [2.24, 2.45) is 10.4 Å². The SMILES string of the molecule is Cc1ncsc1-c1ccc([C@@H]2NC(=O)[C@@H]3C[C@@H](O)CN3C(=O)C(C(C)(C)C)NC(=O)CCOCCNC(=O)[C@@H](CNC(=O)C[C@@H]3N=C(c4ccc(Cl)cc4)c4c(sc(C)c4C)-n4c(C)nnc43)NC(=O)CNC2=O)cc1. The van der Waals surface area contributed by atoms with Gasteiger partial charge in [-0.2, -0.15) is 0 Å². The number of benzene rings is 2. The second kappa shape index (κ2) is 23.5. The van der Waals surface area contributed by atoms with Crippen molar-refractivity contribution in [3.63, 3.8) is 0 Å². The Kier molecular flexibility index (Phi) is 17.1. The molecule has 3 aliphatic heterocycles. The maximum absolute atomic E-state index is 14.3. The first kappa shape index (κ1) is 55.3. The van der Waals surface area contributed by atoms with Crippen molar-refractivity contribution in [3.05, 3.63) is 104 Å². The van der Waals surface area contributed by atoms with Gasteiger partial charge in [0.15, 0.2) is 5.82 Å². The van der Waals surface area contributed by atoms with Crippen molar-refractivity contribution in [1.29, 1.82) is 0 Å². The lowest BCUT2D eigenvalue weighted by atomic mass is 9.85. The zero-order valence-corrected chi connectivity index (χ0v) is 45.5. The first-order chi connectivity index (χ1) is 36.2. The quantitative estimate of drug-likeness (QED) is 0.124. The van der Waals surface area contributed by atoms with E-state index in [1.54, 1.807) is 74.0 Å². The molecule has 3 aromatic heterocycles. The molecule has 402 valence electrons. The Morgan fingerprint density at radius 1 is 0.882 bits per heavy atom. The molecular weight excluding hydrogens is 1040 g/mol. The van der Waals surface area contributed by atoms with Gasteiger partial charge >= 0.3 is 0 Å². The topological polar surface area (TPSA) is 280 Å². The second-order valence-electron chi connectivity index (χ2n) is 20.0. The molecule has 7 amide bonds. The molecule has 21 nitrogen and oxygen atoms in total. The molecule has 2 aromatic carbocycles. The number of rotatable bonds is 7. The third-order valence-electron chi connectivity index (χ3n) is 13.4. The van der Waals surface area contributed by atoms with E-state index in [9.17, 15) is 38.7 Å². The number of aryl methyl sites for hydroxylation is 3. The molecule has 0 bridgehead atoms. The van der Waals surface area contributed by atoms with Crippen LogP contribution in [0.2, 0.25) is 5.02 Å². The number of ether oxygens (including phenoxy) is 1. The maximum atomic E-state index is 14.3. The Labute approximate surface area is 452 Å². The predicted octanol–water partition coefficient (Wildman–Crippen LogP) is 3.23. The van der Waals surface area contributed by atoms with Crippen LogP contribution < -0.4 is 31.9 Å². The lowest BCUT2D eigenvalue weighted by molar-refractivity contribution is -0.144. The summed E-state index contributed by atoms with van der Waals surface area (Å²) in [5.41, 5.74) is 6.14. The number of aliphatic hydroxyl groups excluding tert-OH is 1. The average Bonchev–Trinajstić information content (AvgIpc) is 4.18. The standard InChI is InChI=1S/C52H61ClN12O9S2/c1-26-28(3)76-51-41(26)42(30-12-14-33(53)15-13-30)59-35(46-63-62-29(4)65(46)51)21-39(68)55-22-36-47(70)54-17-19-74-18-16-38(67)60-45(52(5,6)7)50(73)64-24-34(66)20-37(64)48(71)61-43(49(72)56-23-40(69)58-36)31-8-10-32(11-9-31)44-27(2)57-25-75-44/h8-15,25,34-37,43,45,66H,16-24H2,1-7H3,(H,54,70)(H,55,68)(H,56,72)(H,58,69)(H,60,67)(H,61,71)/t34-,35+,36-,37+,43+,45?/m1/s1. The van der Waals surface area contributed by atoms with Crippen LogP contribution in [-0.2, 0) is 38.3 Å². The van der Waals surface area contributed by atoms with Crippen LogP contribution in [0.1, 0.15) is 96.6 Å². The summed E-state index contributed by atoms with van der Waals surface area (Å²) in [6, 6.07) is 8.14. The number of aliphatic hydroxyl groups is 1. The van der Waals surface area contributed by atoms with Crippen LogP contribution in [0.15, 0.2) is 59.0 Å². The highest BCUT2D eigenvalue weighted by Crippen LogP contribution is 2.40. The third kappa shape index (κ3) is 12.5. The first-order valence-electron chi connectivity index (χ1n) is 24.8. The van der Waals surface area contributed by atoms with Gasteiger partial charge < -0.3 is 46.6 Å². The molecule has 0 aliphatic carbocycles. The minimum absolute atomic E-state index is 0.0431. The van der Waals surface area contributed by atoms with Gasteiger partial charge in [-0.25, -0.2) is 4.98 Å². The number of hydrogen-bond acceptors (Lipinski definition) is 15. The molecule has 0 spiro atoms. The number of carbonyl (C=O) groups excluding carboxylic acids is 7. The first-order valence-corrected chi connectivity index (χ1v) is 26.9. The van der Waals surface area contributed by atoms with Crippen molar-refractivity contribution in [2.45, 2.75) is 104 Å². The van der Waals surface area contributed by atoms with E-state index >= 15 is 0 Å².